The Hall–Kier alpha value is -2.26. The van der Waals surface area contributed by atoms with Crippen molar-refractivity contribution < 1.29 is 15.8 Å². The molecule has 2 aromatic rings. The molecular weight excluding hydrogens is 402 g/mol. The molecule has 4 heterocycles. The number of carbonyl (C=O) groups is 2. The van der Waals surface area contributed by atoms with Gasteiger partial charge in [0.25, 0.3) is 5.91 Å². The quantitative estimate of drug-likeness (QED) is 0.800. The van der Waals surface area contributed by atoms with Crippen molar-refractivity contribution in [3.05, 3.63) is 34.5 Å². The van der Waals surface area contributed by atoms with Crippen molar-refractivity contribution in [1.82, 2.24) is 25.0 Å². The van der Waals surface area contributed by atoms with Crippen LogP contribution < -0.4 is 0 Å². The van der Waals surface area contributed by atoms with Gasteiger partial charge in [0.2, 0.25) is 5.91 Å². The van der Waals surface area contributed by atoms with Crippen LogP contribution in [0.15, 0.2) is 24.0 Å². The van der Waals surface area contributed by atoms with Gasteiger partial charge in [0.1, 0.15) is 4.88 Å². The first kappa shape index (κ1) is 21.0. The molecule has 8 nitrogen and oxygen atoms in total. The smallest absolute Gasteiger partial charge is 0.265 e. The zero-order chi connectivity index (χ0) is 21.4. The van der Waals surface area contributed by atoms with Crippen molar-refractivity contribution in [2.75, 3.05) is 33.3 Å². The van der Waals surface area contributed by atoms with E-state index in [-0.39, 0.29) is 24.1 Å². The average Bonchev–Trinajstić information content (AvgIpc) is 3.25. The van der Waals surface area contributed by atoms with E-state index >= 15 is 0 Å². The predicted molar refractivity (Wildman–Crippen MR) is 115 cm³/mol. The van der Waals surface area contributed by atoms with Crippen molar-refractivity contribution in [2.24, 2.45) is 16.7 Å². The van der Waals surface area contributed by atoms with Crippen LogP contribution in [0.5, 0.6) is 0 Å². The van der Waals surface area contributed by atoms with Crippen LogP contribution in [-0.4, -0.2) is 70.1 Å². The number of nitrogens with one attached hydrogen (secondary N) is 1. The highest BCUT2D eigenvalue weighted by Crippen LogP contribution is 2.54. The van der Waals surface area contributed by atoms with E-state index in [0.717, 1.165) is 44.7 Å². The molecule has 1 atom stereocenters. The third-order valence-corrected chi connectivity index (χ3v) is 7.16. The molecule has 1 N–H and O–H groups in total. The molecule has 9 heteroatoms. The van der Waals surface area contributed by atoms with Gasteiger partial charge in [-0.2, -0.15) is 5.10 Å². The maximum atomic E-state index is 12.4. The van der Waals surface area contributed by atoms with Gasteiger partial charge in [-0.3, -0.25) is 19.7 Å². The van der Waals surface area contributed by atoms with Crippen molar-refractivity contribution in [2.45, 2.75) is 33.3 Å². The van der Waals surface area contributed by atoms with E-state index in [4.69, 9.17) is 4.74 Å². The molecule has 0 radical (unpaired) electrons. The molecular formula is C21H31N5O3S. The first-order valence-corrected chi connectivity index (χ1v) is 11.2. The summed E-state index contributed by atoms with van der Waals surface area (Å²) in [6.07, 6.45) is 5.37. The molecule has 0 bridgehead atoms. The molecule has 5 rings (SSSR count). The van der Waals surface area contributed by atoms with Gasteiger partial charge in [-0.15, -0.1) is 11.3 Å². The first-order valence-electron chi connectivity index (χ1n) is 10.3. The minimum atomic E-state index is 0. The number of carbonyl (C=O) groups excluding carboxylic acids is 2. The molecule has 2 aromatic heterocycles. The Morgan fingerprint density at radius 2 is 2.07 bits per heavy atom. The summed E-state index contributed by atoms with van der Waals surface area (Å²) in [5, 5.41) is 6.50. The van der Waals surface area contributed by atoms with Crippen LogP contribution in [-0.2, 0) is 16.1 Å². The molecule has 3 aliphatic rings. The molecule has 0 unspecified atom stereocenters. The van der Waals surface area contributed by atoms with E-state index in [1.54, 1.807) is 25.0 Å². The van der Waals surface area contributed by atoms with E-state index in [1.165, 1.54) is 11.3 Å². The minimum Gasteiger partial charge on any atom is -0.378 e. The molecule has 1 saturated carbocycles. The van der Waals surface area contributed by atoms with Crippen molar-refractivity contribution in [1.29, 1.82) is 0 Å². The fourth-order valence-electron chi connectivity index (χ4n) is 4.39. The maximum Gasteiger partial charge on any atom is 0.265 e. The fraction of sp³-hybridized carbons (Fsp3) is 0.619. The van der Waals surface area contributed by atoms with Gasteiger partial charge in [-0.25, -0.2) is 0 Å². The number of hydrogen-bond donors (Lipinski definition) is 1. The Morgan fingerprint density at radius 1 is 1.33 bits per heavy atom. The number of hydrogen-bond acceptors (Lipinski definition) is 6. The second kappa shape index (κ2) is 8.11. The number of thiazole rings is 1. The number of rotatable bonds is 4. The number of ether oxygens (including phenoxy) is 1. The lowest BCUT2D eigenvalue weighted by Gasteiger charge is -2.48. The number of nitrogens with zero attached hydrogens (tertiary/aromatic N) is 4. The SMILES string of the molecule is CC1(C)C[C@@H]1C(=O)N1CC2(CCN(C(=O)c3cncs3)C2)C1.COCc1ccn[nH]1.[HH]. The minimum absolute atomic E-state index is 0. The summed E-state index contributed by atoms with van der Waals surface area (Å²) in [6.45, 7) is 8.16. The largest absolute Gasteiger partial charge is 0.378 e. The Morgan fingerprint density at radius 3 is 2.63 bits per heavy atom. The van der Waals surface area contributed by atoms with Gasteiger partial charge in [0.15, 0.2) is 0 Å². The molecule has 2 aliphatic heterocycles. The highest BCUT2D eigenvalue weighted by molar-refractivity contribution is 7.11. The van der Waals surface area contributed by atoms with E-state index in [0.29, 0.717) is 17.4 Å². The predicted octanol–water partition coefficient (Wildman–Crippen LogP) is 2.67. The summed E-state index contributed by atoms with van der Waals surface area (Å²) >= 11 is 1.39. The second-order valence-corrected chi connectivity index (χ2v) is 10.2. The van der Waals surface area contributed by atoms with Gasteiger partial charge in [-0.05, 0) is 24.3 Å². The van der Waals surface area contributed by atoms with Gasteiger partial charge in [-0.1, -0.05) is 13.8 Å². The zero-order valence-corrected chi connectivity index (χ0v) is 18.6. The molecule has 2 saturated heterocycles. The maximum absolute atomic E-state index is 12.4. The lowest BCUT2D eigenvalue weighted by atomic mass is 9.78. The molecule has 1 spiro atoms. The van der Waals surface area contributed by atoms with Crippen LogP contribution in [0.25, 0.3) is 0 Å². The normalized spacial score (nSPS) is 23.0. The molecule has 1 aliphatic carbocycles. The lowest BCUT2D eigenvalue weighted by Crippen LogP contribution is -2.60. The summed E-state index contributed by atoms with van der Waals surface area (Å²) in [4.78, 5) is 33.4. The molecule has 164 valence electrons. The van der Waals surface area contributed by atoms with Gasteiger partial charge in [0, 0.05) is 52.2 Å². The lowest BCUT2D eigenvalue weighted by molar-refractivity contribution is -0.144. The second-order valence-electron chi connectivity index (χ2n) is 9.30. The van der Waals surface area contributed by atoms with E-state index < -0.39 is 0 Å². The van der Waals surface area contributed by atoms with Crippen LogP contribution in [0.4, 0.5) is 0 Å². The average molecular weight is 434 g/mol. The highest BCUT2D eigenvalue weighted by Gasteiger charge is 2.57. The first-order chi connectivity index (χ1) is 14.3. The number of likely N-dealkylation sites (tertiary alicyclic amines) is 2. The Bertz CT molecular complexity index is 881. The van der Waals surface area contributed by atoms with Gasteiger partial charge in [0.05, 0.1) is 24.0 Å². The van der Waals surface area contributed by atoms with Crippen LogP contribution >= 0.6 is 11.3 Å². The third-order valence-electron chi connectivity index (χ3n) is 6.40. The van der Waals surface area contributed by atoms with Gasteiger partial charge < -0.3 is 14.5 Å². The van der Waals surface area contributed by atoms with Crippen LogP contribution in [0, 0.1) is 16.7 Å². The number of H-pyrrole nitrogens is 1. The number of aromatic nitrogens is 3. The Kier molecular flexibility index (Phi) is 5.67. The number of aromatic amines is 1. The molecule has 30 heavy (non-hydrogen) atoms. The van der Waals surface area contributed by atoms with Crippen molar-refractivity contribution in [3.63, 3.8) is 0 Å². The summed E-state index contributed by atoms with van der Waals surface area (Å²) in [5.41, 5.74) is 3.05. The van der Waals surface area contributed by atoms with Crippen LogP contribution in [0.3, 0.4) is 0 Å². The summed E-state index contributed by atoms with van der Waals surface area (Å²) in [6, 6.07) is 1.88. The third kappa shape index (κ3) is 4.27. The van der Waals surface area contributed by atoms with E-state index in [2.05, 4.69) is 29.0 Å². The molecule has 0 aromatic carbocycles. The van der Waals surface area contributed by atoms with Crippen LogP contribution in [0.1, 0.15) is 43.5 Å². The highest BCUT2D eigenvalue weighted by atomic mass is 32.1. The summed E-state index contributed by atoms with van der Waals surface area (Å²) in [5.74, 6) is 0.636. The number of amides is 2. The van der Waals surface area contributed by atoms with Crippen molar-refractivity contribution >= 4 is 23.2 Å². The van der Waals surface area contributed by atoms with Crippen molar-refractivity contribution in [3.8, 4) is 0 Å². The van der Waals surface area contributed by atoms with E-state index in [1.807, 2.05) is 15.9 Å². The van der Waals surface area contributed by atoms with E-state index in [9.17, 15) is 9.59 Å². The molecule has 3 fully saturated rings. The van der Waals surface area contributed by atoms with Crippen LogP contribution in [0.2, 0.25) is 0 Å². The fourth-order valence-corrected chi connectivity index (χ4v) is 4.98. The Balaban J connectivity index is 0.000000258. The summed E-state index contributed by atoms with van der Waals surface area (Å²) < 4.78 is 4.81. The number of methoxy groups -OCH3 is 1. The zero-order valence-electron chi connectivity index (χ0n) is 17.8. The standard InChI is InChI=1S/C16H21N3O2S.C5H8N2O.H2/c1-15(2)5-11(15)13(20)19-8-16(9-19)3-4-18(7-16)14(21)12-6-17-10-22-12;1-8-4-5-2-3-6-7-5;/h6,10-11H,3-5,7-9H2,1-2H3;2-3H,4H2,1H3,(H,6,7);1H/t11-;;/m1../s1. The Labute approximate surface area is 182 Å². The monoisotopic (exact) mass is 433 g/mol. The van der Waals surface area contributed by atoms with Gasteiger partial charge >= 0.3 is 0 Å². The summed E-state index contributed by atoms with van der Waals surface area (Å²) in [7, 11) is 1.65. The topological polar surface area (TPSA) is 91.4 Å². The molecule has 2 amide bonds.